The summed E-state index contributed by atoms with van der Waals surface area (Å²) in [6.45, 7) is -0.209. The number of fused-ring (bicyclic) bond motifs is 1. The highest BCUT2D eigenvalue weighted by molar-refractivity contribution is 6.30. The Morgan fingerprint density at radius 1 is 1.14 bits per heavy atom. The van der Waals surface area contributed by atoms with E-state index in [1.807, 2.05) is 0 Å². The summed E-state index contributed by atoms with van der Waals surface area (Å²) in [7, 11) is 0. The molecule has 7 heteroatoms. The van der Waals surface area contributed by atoms with Crippen molar-refractivity contribution in [1.29, 1.82) is 0 Å². The molecule has 0 aliphatic carbocycles. The Labute approximate surface area is 130 Å². The van der Waals surface area contributed by atoms with E-state index >= 15 is 0 Å². The van der Waals surface area contributed by atoms with Gasteiger partial charge < -0.3 is 5.32 Å². The maximum atomic E-state index is 12.2. The molecule has 0 aliphatic heterocycles. The average Bonchev–Trinajstić information content (AvgIpc) is 2.53. The van der Waals surface area contributed by atoms with Crippen LogP contribution in [0, 0.1) is 0 Å². The van der Waals surface area contributed by atoms with Gasteiger partial charge in [0.15, 0.2) is 0 Å². The number of amides is 1. The van der Waals surface area contributed by atoms with Crippen LogP contribution in [0.5, 0.6) is 0 Å². The van der Waals surface area contributed by atoms with E-state index in [-0.39, 0.29) is 18.0 Å². The Kier molecular flexibility index (Phi) is 3.84. The Morgan fingerprint density at radius 2 is 1.86 bits per heavy atom. The van der Waals surface area contributed by atoms with Crippen LogP contribution in [0.2, 0.25) is 5.02 Å². The van der Waals surface area contributed by atoms with Gasteiger partial charge in [-0.2, -0.15) is 0 Å². The summed E-state index contributed by atoms with van der Waals surface area (Å²) < 4.78 is 1.04. The second kappa shape index (κ2) is 5.95. The van der Waals surface area contributed by atoms with Gasteiger partial charge in [-0.15, -0.1) is 5.10 Å². The zero-order valence-corrected chi connectivity index (χ0v) is 12.1. The summed E-state index contributed by atoms with van der Waals surface area (Å²) in [4.78, 5) is 24.2. The smallest absolute Gasteiger partial charge is 0.278 e. The van der Waals surface area contributed by atoms with Gasteiger partial charge in [0, 0.05) is 10.7 Å². The molecule has 0 saturated heterocycles. The van der Waals surface area contributed by atoms with Crippen LogP contribution < -0.4 is 10.9 Å². The van der Waals surface area contributed by atoms with Crippen molar-refractivity contribution < 1.29 is 4.79 Å². The van der Waals surface area contributed by atoms with Crippen LogP contribution in [0.4, 0.5) is 5.69 Å². The summed E-state index contributed by atoms with van der Waals surface area (Å²) in [5, 5.41) is 11.4. The number of carbonyl (C=O) groups excluding carboxylic acids is 1. The molecule has 1 aromatic heterocycles. The number of hydrogen-bond acceptors (Lipinski definition) is 4. The van der Waals surface area contributed by atoms with Crippen molar-refractivity contribution in [2.75, 3.05) is 5.32 Å². The molecular weight excluding hydrogens is 304 g/mol. The molecule has 22 heavy (non-hydrogen) atoms. The normalized spacial score (nSPS) is 10.6. The van der Waals surface area contributed by atoms with Crippen LogP contribution in [0.1, 0.15) is 0 Å². The minimum atomic E-state index is -0.367. The van der Waals surface area contributed by atoms with Crippen molar-refractivity contribution in [2.24, 2.45) is 0 Å². The number of nitrogens with zero attached hydrogens (tertiary/aromatic N) is 3. The molecule has 0 fully saturated rings. The van der Waals surface area contributed by atoms with Gasteiger partial charge >= 0.3 is 0 Å². The fourth-order valence-electron chi connectivity index (χ4n) is 2.00. The number of hydrogen-bond donors (Lipinski definition) is 1. The number of carbonyl (C=O) groups is 1. The van der Waals surface area contributed by atoms with E-state index in [1.54, 1.807) is 48.5 Å². The lowest BCUT2D eigenvalue weighted by Gasteiger charge is -2.06. The van der Waals surface area contributed by atoms with Gasteiger partial charge in [0.2, 0.25) is 5.91 Å². The van der Waals surface area contributed by atoms with E-state index in [9.17, 15) is 9.59 Å². The predicted octanol–water partition coefficient (Wildman–Crippen LogP) is 2.08. The monoisotopic (exact) mass is 314 g/mol. The molecule has 110 valence electrons. The molecule has 0 atom stereocenters. The Morgan fingerprint density at radius 3 is 2.64 bits per heavy atom. The van der Waals surface area contributed by atoms with Crippen LogP contribution in [-0.2, 0) is 11.3 Å². The first-order chi connectivity index (χ1) is 10.6. The zero-order chi connectivity index (χ0) is 15.5. The second-order valence-electron chi connectivity index (χ2n) is 4.62. The van der Waals surface area contributed by atoms with E-state index in [4.69, 9.17) is 11.6 Å². The zero-order valence-electron chi connectivity index (χ0n) is 11.4. The number of aromatic nitrogens is 3. The quantitative estimate of drug-likeness (QED) is 0.803. The molecule has 3 aromatic rings. The minimum Gasteiger partial charge on any atom is -0.324 e. The van der Waals surface area contributed by atoms with Crippen LogP contribution >= 0.6 is 11.6 Å². The van der Waals surface area contributed by atoms with Crippen molar-refractivity contribution in [1.82, 2.24) is 15.0 Å². The SMILES string of the molecule is O=C(Cn1nnc2ccccc2c1=O)Nc1ccc(Cl)cc1. The van der Waals surface area contributed by atoms with Crippen LogP contribution in [0.25, 0.3) is 10.9 Å². The van der Waals surface area contributed by atoms with Crippen LogP contribution in [-0.4, -0.2) is 20.9 Å². The predicted molar refractivity (Wildman–Crippen MR) is 83.9 cm³/mol. The van der Waals surface area contributed by atoms with E-state index in [1.165, 1.54) is 0 Å². The van der Waals surface area contributed by atoms with Crippen LogP contribution in [0.3, 0.4) is 0 Å². The summed E-state index contributed by atoms with van der Waals surface area (Å²) in [6.07, 6.45) is 0. The Bertz CT molecular complexity index is 890. The lowest BCUT2D eigenvalue weighted by atomic mass is 10.2. The largest absolute Gasteiger partial charge is 0.324 e. The van der Waals surface area contributed by atoms with E-state index in [0.29, 0.717) is 21.6 Å². The topological polar surface area (TPSA) is 76.9 Å². The van der Waals surface area contributed by atoms with E-state index in [2.05, 4.69) is 15.6 Å². The number of benzene rings is 2. The summed E-state index contributed by atoms with van der Waals surface area (Å²) in [5.74, 6) is -0.367. The number of halogens is 1. The van der Waals surface area contributed by atoms with Crippen molar-refractivity contribution in [3.8, 4) is 0 Å². The van der Waals surface area contributed by atoms with Gasteiger partial charge in [-0.1, -0.05) is 28.9 Å². The van der Waals surface area contributed by atoms with Crippen molar-refractivity contribution in [2.45, 2.75) is 6.54 Å². The number of nitrogens with one attached hydrogen (secondary N) is 1. The summed E-state index contributed by atoms with van der Waals surface area (Å²) in [5.41, 5.74) is 0.745. The average molecular weight is 315 g/mol. The lowest BCUT2D eigenvalue weighted by Crippen LogP contribution is -2.30. The van der Waals surface area contributed by atoms with Crippen LogP contribution in [0.15, 0.2) is 53.3 Å². The Hall–Kier alpha value is -2.73. The van der Waals surface area contributed by atoms with Crippen molar-refractivity contribution >= 4 is 34.1 Å². The third-order valence-corrected chi connectivity index (χ3v) is 3.30. The van der Waals surface area contributed by atoms with E-state index < -0.39 is 0 Å². The fourth-order valence-corrected chi connectivity index (χ4v) is 2.12. The highest BCUT2D eigenvalue weighted by atomic mass is 35.5. The molecule has 3 rings (SSSR count). The first-order valence-electron chi connectivity index (χ1n) is 6.51. The maximum absolute atomic E-state index is 12.2. The first-order valence-corrected chi connectivity index (χ1v) is 6.89. The minimum absolute atomic E-state index is 0.209. The maximum Gasteiger partial charge on any atom is 0.278 e. The Balaban J connectivity index is 1.81. The van der Waals surface area contributed by atoms with Gasteiger partial charge in [-0.05, 0) is 36.4 Å². The molecular formula is C15H11ClN4O2. The fraction of sp³-hybridized carbons (Fsp3) is 0.0667. The first kappa shape index (κ1) is 14.2. The molecule has 0 aliphatic rings. The van der Waals surface area contributed by atoms with Gasteiger partial charge in [0.1, 0.15) is 12.1 Å². The van der Waals surface area contributed by atoms with Crippen molar-refractivity contribution in [3.05, 3.63) is 63.9 Å². The molecule has 0 saturated carbocycles. The van der Waals surface area contributed by atoms with Gasteiger partial charge in [-0.3, -0.25) is 9.59 Å². The number of anilines is 1. The summed E-state index contributed by atoms with van der Waals surface area (Å²) in [6, 6.07) is 13.5. The molecule has 1 amide bonds. The molecule has 0 unspecified atom stereocenters. The molecule has 0 radical (unpaired) electrons. The highest BCUT2D eigenvalue weighted by Crippen LogP contribution is 2.13. The molecule has 0 bridgehead atoms. The molecule has 2 aromatic carbocycles. The third-order valence-electron chi connectivity index (χ3n) is 3.05. The standard InChI is InChI=1S/C15H11ClN4O2/c16-10-5-7-11(8-6-10)17-14(21)9-20-15(22)12-3-1-2-4-13(12)18-19-20/h1-8H,9H2,(H,17,21). The second-order valence-corrected chi connectivity index (χ2v) is 5.06. The molecule has 1 N–H and O–H groups in total. The highest BCUT2D eigenvalue weighted by Gasteiger charge is 2.09. The van der Waals surface area contributed by atoms with Gasteiger partial charge in [0.25, 0.3) is 5.56 Å². The number of rotatable bonds is 3. The van der Waals surface area contributed by atoms with Crippen molar-refractivity contribution in [3.63, 3.8) is 0 Å². The third kappa shape index (κ3) is 2.96. The molecule has 1 heterocycles. The molecule has 0 spiro atoms. The van der Waals surface area contributed by atoms with E-state index in [0.717, 1.165) is 4.68 Å². The lowest BCUT2D eigenvalue weighted by molar-refractivity contribution is -0.117. The van der Waals surface area contributed by atoms with Gasteiger partial charge in [-0.25, -0.2) is 4.68 Å². The molecule has 6 nitrogen and oxygen atoms in total. The van der Waals surface area contributed by atoms with Gasteiger partial charge in [0.05, 0.1) is 5.39 Å². The summed E-state index contributed by atoms with van der Waals surface area (Å²) >= 11 is 5.78.